The highest BCUT2D eigenvalue weighted by atomic mass is 35.5. The van der Waals surface area contributed by atoms with Crippen LogP contribution in [0.3, 0.4) is 0 Å². The average Bonchev–Trinajstić information content (AvgIpc) is 2.96. The Morgan fingerprint density at radius 2 is 1.92 bits per heavy atom. The fourth-order valence-corrected chi connectivity index (χ4v) is 3.77. The molecule has 0 spiro atoms. The first-order valence-electron chi connectivity index (χ1n) is 7.73. The monoisotopic (exact) mass is 376 g/mol. The number of hydrogen-bond acceptors (Lipinski definition) is 5. The lowest BCUT2D eigenvalue weighted by Crippen LogP contribution is -2.10. The maximum Gasteiger partial charge on any atom is 0.220 e. The van der Waals surface area contributed by atoms with Crippen LogP contribution in [0.2, 0.25) is 5.02 Å². The molecule has 0 unspecified atom stereocenters. The molecule has 0 fully saturated rings. The molecule has 0 aliphatic carbocycles. The SMILES string of the molecule is Cc1cc(Cl)cc(-c2nc(C(C)(C)C)sc2-c2ccnc(N)n2)c1F. The molecular weight excluding hydrogens is 359 g/mol. The van der Waals surface area contributed by atoms with Gasteiger partial charge in [0, 0.05) is 22.2 Å². The first-order valence-corrected chi connectivity index (χ1v) is 8.92. The normalized spacial score (nSPS) is 11.8. The largest absolute Gasteiger partial charge is 0.368 e. The van der Waals surface area contributed by atoms with Crippen molar-refractivity contribution in [3.05, 3.63) is 45.8 Å². The number of hydrogen-bond donors (Lipinski definition) is 1. The van der Waals surface area contributed by atoms with Crippen molar-refractivity contribution in [2.45, 2.75) is 33.1 Å². The van der Waals surface area contributed by atoms with Crippen LogP contribution in [0.5, 0.6) is 0 Å². The van der Waals surface area contributed by atoms with Crippen LogP contribution in [0.4, 0.5) is 10.3 Å². The average molecular weight is 377 g/mol. The van der Waals surface area contributed by atoms with Crippen molar-refractivity contribution in [1.29, 1.82) is 0 Å². The molecule has 3 aromatic rings. The highest BCUT2D eigenvalue weighted by Gasteiger charge is 2.25. The van der Waals surface area contributed by atoms with Gasteiger partial charge in [0.25, 0.3) is 0 Å². The Morgan fingerprint density at radius 1 is 1.20 bits per heavy atom. The van der Waals surface area contributed by atoms with Crippen LogP contribution in [-0.2, 0) is 5.41 Å². The van der Waals surface area contributed by atoms with Crippen molar-refractivity contribution in [3.63, 3.8) is 0 Å². The lowest BCUT2D eigenvalue weighted by atomic mass is 9.98. The predicted octanol–water partition coefficient (Wildman–Crippen LogP) is 5.25. The molecule has 4 nitrogen and oxygen atoms in total. The van der Waals surface area contributed by atoms with E-state index in [2.05, 4.69) is 30.7 Å². The van der Waals surface area contributed by atoms with E-state index in [0.717, 1.165) is 9.88 Å². The summed E-state index contributed by atoms with van der Waals surface area (Å²) in [5.74, 6) is -0.171. The molecule has 0 saturated carbocycles. The summed E-state index contributed by atoms with van der Waals surface area (Å²) in [5, 5.41) is 1.35. The number of thiazole rings is 1. The van der Waals surface area contributed by atoms with Gasteiger partial charge < -0.3 is 5.73 Å². The third-order valence-electron chi connectivity index (χ3n) is 3.65. The topological polar surface area (TPSA) is 64.7 Å². The summed E-state index contributed by atoms with van der Waals surface area (Å²) in [4.78, 5) is 13.7. The van der Waals surface area contributed by atoms with Gasteiger partial charge in [-0.05, 0) is 30.7 Å². The Kier molecular flexibility index (Phi) is 4.51. The summed E-state index contributed by atoms with van der Waals surface area (Å²) in [5.41, 5.74) is 7.52. The number of nitrogens with zero attached hydrogens (tertiary/aromatic N) is 3. The van der Waals surface area contributed by atoms with Crippen molar-refractivity contribution in [3.8, 4) is 21.8 Å². The molecule has 1 aromatic carbocycles. The van der Waals surface area contributed by atoms with E-state index in [0.29, 0.717) is 27.5 Å². The number of nitrogen functional groups attached to an aromatic ring is 1. The smallest absolute Gasteiger partial charge is 0.220 e. The van der Waals surface area contributed by atoms with Crippen molar-refractivity contribution in [1.82, 2.24) is 15.0 Å². The van der Waals surface area contributed by atoms with Gasteiger partial charge in [0.05, 0.1) is 21.3 Å². The molecule has 25 heavy (non-hydrogen) atoms. The lowest BCUT2D eigenvalue weighted by Gasteiger charge is -2.13. The number of nitrogens with two attached hydrogens (primary N) is 1. The van der Waals surface area contributed by atoms with Crippen LogP contribution in [0.25, 0.3) is 21.8 Å². The zero-order chi connectivity index (χ0) is 18.4. The van der Waals surface area contributed by atoms with Gasteiger partial charge in [0.15, 0.2) is 0 Å². The van der Waals surface area contributed by atoms with E-state index in [-0.39, 0.29) is 17.2 Å². The Morgan fingerprint density at radius 3 is 2.56 bits per heavy atom. The number of rotatable bonds is 2. The van der Waals surface area contributed by atoms with Crippen LogP contribution in [-0.4, -0.2) is 15.0 Å². The first kappa shape index (κ1) is 17.8. The maximum atomic E-state index is 14.8. The summed E-state index contributed by atoms with van der Waals surface area (Å²) >= 11 is 7.63. The van der Waals surface area contributed by atoms with Crippen LogP contribution in [0, 0.1) is 12.7 Å². The highest BCUT2D eigenvalue weighted by Crippen LogP contribution is 2.41. The van der Waals surface area contributed by atoms with Crippen molar-refractivity contribution in [2.24, 2.45) is 0 Å². The van der Waals surface area contributed by atoms with E-state index < -0.39 is 0 Å². The number of anilines is 1. The molecule has 0 amide bonds. The van der Waals surface area contributed by atoms with Crippen molar-refractivity contribution in [2.75, 3.05) is 5.73 Å². The van der Waals surface area contributed by atoms with Crippen LogP contribution < -0.4 is 5.73 Å². The molecule has 0 atom stereocenters. The van der Waals surface area contributed by atoms with Crippen LogP contribution >= 0.6 is 22.9 Å². The maximum absolute atomic E-state index is 14.8. The molecule has 0 saturated heterocycles. The molecule has 0 aliphatic heterocycles. The predicted molar refractivity (Wildman–Crippen MR) is 101 cm³/mol. The highest BCUT2D eigenvalue weighted by molar-refractivity contribution is 7.15. The van der Waals surface area contributed by atoms with Crippen LogP contribution in [0.1, 0.15) is 31.3 Å². The van der Waals surface area contributed by atoms with Gasteiger partial charge in [0.2, 0.25) is 5.95 Å². The molecule has 3 rings (SSSR count). The van der Waals surface area contributed by atoms with E-state index in [9.17, 15) is 4.39 Å². The molecule has 130 valence electrons. The van der Waals surface area contributed by atoms with Gasteiger partial charge in [-0.15, -0.1) is 11.3 Å². The fourth-order valence-electron chi connectivity index (χ4n) is 2.40. The van der Waals surface area contributed by atoms with Gasteiger partial charge in [-0.2, -0.15) is 0 Å². The number of halogens is 2. The summed E-state index contributed by atoms with van der Waals surface area (Å²) < 4.78 is 14.8. The molecule has 2 N–H and O–H groups in total. The Balaban J connectivity index is 2.31. The van der Waals surface area contributed by atoms with Crippen molar-refractivity contribution < 1.29 is 4.39 Å². The molecule has 7 heteroatoms. The van der Waals surface area contributed by atoms with Gasteiger partial charge in [-0.25, -0.2) is 19.3 Å². The van der Waals surface area contributed by atoms with E-state index in [1.807, 2.05) is 0 Å². The summed E-state index contributed by atoms with van der Waals surface area (Å²) in [7, 11) is 0. The lowest BCUT2D eigenvalue weighted by molar-refractivity contribution is 0.585. The third kappa shape index (κ3) is 3.50. The zero-order valence-electron chi connectivity index (χ0n) is 14.4. The minimum absolute atomic E-state index is 0.164. The minimum atomic E-state index is -0.335. The van der Waals surface area contributed by atoms with E-state index >= 15 is 0 Å². The van der Waals surface area contributed by atoms with Crippen molar-refractivity contribution >= 4 is 28.9 Å². The van der Waals surface area contributed by atoms with E-state index in [1.165, 1.54) is 11.3 Å². The molecule has 0 bridgehead atoms. The second-order valence-corrected chi connectivity index (χ2v) is 8.27. The Hall–Kier alpha value is -2.05. The van der Waals surface area contributed by atoms with Gasteiger partial charge >= 0.3 is 0 Å². The quantitative estimate of drug-likeness (QED) is 0.663. The zero-order valence-corrected chi connectivity index (χ0v) is 16.0. The van der Waals surface area contributed by atoms with E-state index in [4.69, 9.17) is 22.3 Å². The Labute approximate surface area is 154 Å². The minimum Gasteiger partial charge on any atom is -0.368 e. The second kappa shape index (κ2) is 6.35. The standard InChI is InChI=1S/C18H18ClFN4S/c1-9-7-10(19)8-11(13(9)20)14-15(12-5-6-22-17(21)23-12)25-16(24-14)18(2,3)4/h5-8H,1-4H3,(H2,21,22,23). The number of benzene rings is 1. The summed E-state index contributed by atoms with van der Waals surface area (Å²) in [6.07, 6.45) is 1.58. The fraction of sp³-hybridized carbons (Fsp3) is 0.278. The summed E-state index contributed by atoms with van der Waals surface area (Å²) in [6.45, 7) is 7.87. The van der Waals surface area contributed by atoms with Gasteiger partial charge in [-0.3, -0.25) is 0 Å². The van der Waals surface area contributed by atoms with Crippen LogP contribution in [0.15, 0.2) is 24.4 Å². The number of aromatic nitrogens is 3. The third-order valence-corrected chi connectivity index (χ3v) is 5.37. The molecule has 0 aliphatic rings. The van der Waals surface area contributed by atoms with E-state index in [1.54, 1.807) is 31.3 Å². The first-order chi connectivity index (χ1) is 11.7. The summed E-state index contributed by atoms with van der Waals surface area (Å²) in [6, 6.07) is 4.94. The van der Waals surface area contributed by atoms with Gasteiger partial charge in [-0.1, -0.05) is 32.4 Å². The molecule has 0 radical (unpaired) electrons. The number of aryl methyl sites for hydroxylation is 1. The molecule has 2 aromatic heterocycles. The second-order valence-electron chi connectivity index (χ2n) is 6.83. The molecule has 2 heterocycles. The Bertz CT molecular complexity index is 947. The molecular formula is C18H18ClFN4S. The van der Waals surface area contributed by atoms with Gasteiger partial charge in [0.1, 0.15) is 5.82 Å².